The number of hydrogen-bond acceptors (Lipinski definition) is 2. The summed E-state index contributed by atoms with van der Waals surface area (Å²) < 4.78 is 7.27. The first kappa shape index (κ1) is 19.7. The van der Waals surface area contributed by atoms with Crippen molar-refractivity contribution in [2.24, 2.45) is 0 Å². The largest absolute Gasteiger partial charge is 0.489 e. The molecule has 0 heterocycles. The number of carbonyl (C=O) groups is 1. The molecule has 0 saturated carbocycles. The Morgan fingerprint density at radius 3 is 2.52 bits per heavy atom. The van der Waals surface area contributed by atoms with Gasteiger partial charge in [0.25, 0.3) is 0 Å². The van der Waals surface area contributed by atoms with Gasteiger partial charge in [-0.25, -0.2) is 0 Å². The van der Waals surface area contributed by atoms with Crippen LogP contribution in [0.5, 0.6) is 5.75 Å². The van der Waals surface area contributed by atoms with Gasteiger partial charge < -0.3 is 9.84 Å². The van der Waals surface area contributed by atoms with Crippen LogP contribution in [0.25, 0.3) is 5.57 Å². The molecular formula is C23H25BrO3. The lowest BCUT2D eigenvalue weighted by atomic mass is 9.99. The molecule has 0 spiro atoms. The van der Waals surface area contributed by atoms with Crippen molar-refractivity contribution < 1.29 is 14.6 Å². The van der Waals surface area contributed by atoms with Crippen LogP contribution >= 0.6 is 15.9 Å². The zero-order valence-electron chi connectivity index (χ0n) is 15.8. The van der Waals surface area contributed by atoms with E-state index in [4.69, 9.17) is 9.84 Å². The van der Waals surface area contributed by atoms with Crippen molar-refractivity contribution in [3.05, 3.63) is 68.7 Å². The number of carboxylic acid groups (broad SMARTS) is 1. The van der Waals surface area contributed by atoms with Crippen LogP contribution in [0.4, 0.5) is 0 Å². The van der Waals surface area contributed by atoms with Crippen LogP contribution < -0.4 is 4.74 Å². The molecule has 0 amide bonds. The lowest BCUT2D eigenvalue weighted by Gasteiger charge is -2.15. The van der Waals surface area contributed by atoms with Crippen LogP contribution in [0.1, 0.15) is 47.9 Å². The molecule has 2 aromatic carbocycles. The minimum absolute atomic E-state index is 0.157. The molecular weight excluding hydrogens is 404 g/mol. The first-order chi connectivity index (χ1) is 13.0. The van der Waals surface area contributed by atoms with Crippen LogP contribution in [0.2, 0.25) is 0 Å². The van der Waals surface area contributed by atoms with Gasteiger partial charge in [0.2, 0.25) is 0 Å². The summed E-state index contributed by atoms with van der Waals surface area (Å²) in [5.74, 6) is 0.127. The number of allylic oxidation sites excluding steroid dienone is 1. The summed E-state index contributed by atoms with van der Waals surface area (Å²) in [6.07, 6.45) is 4.08. The Labute approximate surface area is 169 Å². The van der Waals surface area contributed by atoms with Gasteiger partial charge in [-0.2, -0.15) is 0 Å². The lowest BCUT2D eigenvalue weighted by Crippen LogP contribution is -2.05. The predicted octanol–water partition coefficient (Wildman–Crippen LogP) is 6.10. The smallest absolute Gasteiger partial charge is 0.303 e. The summed E-state index contributed by atoms with van der Waals surface area (Å²) in [6, 6.07) is 12.5. The molecule has 0 aromatic heterocycles. The highest BCUT2D eigenvalue weighted by molar-refractivity contribution is 9.10. The molecule has 1 N–H and O–H groups in total. The second kappa shape index (κ2) is 8.75. The van der Waals surface area contributed by atoms with Crippen molar-refractivity contribution in [1.82, 2.24) is 0 Å². The van der Waals surface area contributed by atoms with Crippen LogP contribution in [-0.2, 0) is 11.2 Å². The van der Waals surface area contributed by atoms with E-state index in [-0.39, 0.29) is 6.42 Å². The molecule has 0 fully saturated rings. The second-order valence-electron chi connectivity index (χ2n) is 7.10. The molecule has 0 radical (unpaired) electrons. The fourth-order valence-corrected chi connectivity index (χ4v) is 3.91. The highest BCUT2D eigenvalue weighted by atomic mass is 79.9. The number of ether oxygens (including phenoxy) is 1. The average Bonchev–Trinajstić information content (AvgIpc) is 3.11. The van der Waals surface area contributed by atoms with Gasteiger partial charge in [-0.1, -0.05) is 34.1 Å². The van der Waals surface area contributed by atoms with E-state index >= 15 is 0 Å². The van der Waals surface area contributed by atoms with Gasteiger partial charge in [-0.05, 0) is 91.1 Å². The molecule has 4 heteroatoms. The van der Waals surface area contributed by atoms with E-state index in [1.807, 2.05) is 26.0 Å². The molecule has 27 heavy (non-hydrogen) atoms. The number of halogens is 1. The van der Waals surface area contributed by atoms with Gasteiger partial charge >= 0.3 is 5.97 Å². The third-order valence-electron chi connectivity index (χ3n) is 5.38. The van der Waals surface area contributed by atoms with Gasteiger partial charge in [-0.3, -0.25) is 4.79 Å². The van der Waals surface area contributed by atoms with E-state index in [2.05, 4.69) is 40.2 Å². The number of benzene rings is 2. The maximum absolute atomic E-state index is 10.8. The number of hydrogen-bond donors (Lipinski definition) is 1. The van der Waals surface area contributed by atoms with Crippen LogP contribution in [0, 0.1) is 13.8 Å². The highest BCUT2D eigenvalue weighted by Crippen LogP contribution is 2.35. The van der Waals surface area contributed by atoms with Crippen molar-refractivity contribution in [1.29, 1.82) is 0 Å². The lowest BCUT2D eigenvalue weighted by molar-refractivity contribution is -0.136. The SMILES string of the molecule is Cc1c(CCC(=O)O)ccc(OCC2=C(c3ccc(Br)cc3)CCC2)c1C. The highest BCUT2D eigenvalue weighted by Gasteiger charge is 2.17. The van der Waals surface area contributed by atoms with Crippen LogP contribution in [0.15, 0.2) is 46.4 Å². The Bertz CT molecular complexity index is 866. The fraction of sp³-hybridized carbons (Fsp3) is 0.348. The maximum Gasteiger partial charge on any atom is 0.303 e. The Morgan fingerprint density at radius 2 is 1.81 bits per heavy atom. The Balaban J connectivity index is 1.74. The minimum Gasteiger partial charge on any atom is -0.489 e. The van der Waals surface area contributed by atoms with Gasteiger partial charge in [0, 0.05) is 10.9 Å². The molecule has 1 aliphatic rings. The van der Waals surface area contributed by atoms with E-state index in [0.717, 1.165) is 39.8 Å². The first-order valence-electron chi connectivity index (χ1n) is 9.36. The first-order valence-corrected chi connectivity index (χ1v) is 10.2. The summed E-state index contributed by atoms with van der Waals surface area (Å²) >= 11 is 3.50. The van der Waals surface area contributed by atoms with Crippen LogP contribution in [-0.4, -0.2) is 17.7 Å². The summed E-state index contributed by atoms with van der Waals surface area (Å²) in [7, 11) is 0. The molecule has 0 saturated heterocycles. The predicted molar refractivity (Wildman–Crippen MR) is 112 cm³/mol. The third kappa shape index (κ3) is 4.81. The van der Waals surface area contributed by atoms with E-state index < -0.39 is 5.97 Å². The summed E-state index contributed by atoms with van der Waals surface area (Å²) in [5, 5.41) is 8.90. The van der Waals surface area contributed by atoms with E-state index in [9.17, 15) is 4.79 Å². The Kier molecular flexibility index (Phi) is 6.38. The van der Waals surface area contributed by atoms with Gasteiger partial charge in [-0.15, -0.1) is 0 Å². The van der Waals surface area contributed by atoms with Gasteiger partial charge in [0.15, 0.2) is 0 Å². The number of carboxylic acids is 1. The molecule has 3 nitrogen and oxygen atoms in total. The third-order valence-corrected chi connectivity index (χ3v) is 5.91. The molecule has 2 aromatic rings. The molecule has 0 bridgehead atoms. The van der Waals surface area contributed by atoms with E-state index in [1.165, 1.54) is 23.1 Å². The normalized spacial score (nSPS) is 13.9. The molecule has 0 aliphatic heterocycles. The average molecular weight is 429 g/mol. The van der Waals surface area contributed by atoms with Crippen molar-refractivity contribution in [2.75, 3.05) is 6.61 Å². The maximum atomic E-state index is 10.8. The zero-order valence-corrected chi connectivity index (χ0v) is 17.4. The fourth-order valence-electron chi connectivity index (χ4n) is 3.65. The topological polar surface area (TPSA) is 46.5 Å². The quantitative estimate of drug-likeness (QED) is 0.579. The van der Waals surface area contributed by atoms with Crippen molar-refractivity contribution in [2.45, 2.75) is 46.0 Å². The summed E-state index contributed by atoms with van der Waals surface area (Å²) in [4.78, 5) is 10.8. The number of rotatable bonds is 7. The number of aliphatic carboxylic acids is 1. The molecule has 1 aliphatic carbocycles. The molecule has 0 unspecified atom stereocenters. The molecule has 142 valence electrons. The molecule has 0 atom stereocenters. The van der Waals surface area contributed by atoms with Crippen molar-refractivity contribution in [3.63, 3.8) is 0 Å². The monoisotopic (exact) mass is 428 g/mol. The van der Waals surface area contributed by atoms with Gasteiger partial charge in [0.05, 0.1) is 0 Å². The van der Waals surface area contributed by atoms with Crippen LogP contribution in [0.3, 0.4) is 0 Å². The second-order valence-corrected chi connectivity index (χ2v) is 8.01. The summed E-state index contributed by atoms with van der Waals surface area (Å²) in [6.45, 7) is 4.70. The van der Waals surface area contributed by atoms with Gasteiger partial charge in [0.1, 0.15) is 12.4 Å². The minimum atomic E-state index is -0.763. The van der Waals surface area contributed by atoms with Crippen molar-refractivity contribution >= 4 is 27.5 Å². The summed E-state index contributed by atoms with van der Waals surface area (Å²) in [5.41, 5.74) is 7.38. The Morgan fingerprint density at radius 1 is 1.07 bits per heavy atom. The Hall–Kier alpha value is -2.07. The molecule has 3 rings (SSSR count). The zero-order chi connectivity index (χ0) is 19.4. The number of aryl methyl sites for hydroxylation is 1. The van der Waals surface area contributed by atoms with Crippen molar-refractivity contribution in [3.8, 4) is 5.75 Å². The standard InChI is InChI=1S/C23H25BrO3/c1-15-16(2)22(12-8-17(15)9-13-23(25)26)27-14-19-4-3-5-21(19)18-6-10-20(24)11-7-18/h6-8,10-12H,3-5,9,13-14H2,1-2H3,(H,25,26). The van der Waals surface area contributed by atoms with E-state index in [1.54, 1.807) is 0 Å². The van der Waals surface area contributed by atoms with E-state index in [0.29, 0.717) is 13.0 Å².